The van der Waals surface area contributed by atoms with Crippen LogP contribution in [0.2, 0.25) is 0 Å². The summed E-state index contributed by atoms with van der Waals surface area (Å²) in [6.45, 7) is 4.46. The molecule has 0 aliphatic carbocycles. The predicted molar refractivity (Wildman–Crippen MR) is 77.7 cm³/mol. The lowest BCUT2D eigenvalue weighted by atomic mass is 10.4. The quantitative estimate of drug-likeness (QED) is 0.513. The molecular weight excluding hydrogens is 278 g/mol. The Kier molecular flexibility index (Phi) is 5.02. The van der Waals surface area contributed by atoms with Gasteiger partial charge in [-0.3, -0.25) is 5.43 Å². The van der Waals surface area contributed by atoms with E-state index in [9.17, 15) is 0 Å². The molecule has 0 aliphatic rings. The summed E-state index contributed by atoms with van der Waals surface area (Å²) >= 11 is 1.62. The molecule has 0 radical (unpaired) electrons. The Morgan fingerprint density at radius 2 is 2.10 bits per heavy atom. The summed E-state index contributed by atoms with van der Waals surface area (Å²) < 4.78 is 5.44. The lowest BCUT2D eigenvalue weighted by Gasteiger charge is -2.10. The Morgan fingerprint density at radius 1 is 1.30 bits per heavy atom. The summed E-state index contributed by atoms with van der Waals surface area (Å²) in [5.41, 5.74) is 2.39. The number of anilines is 2. The topological polar surface area (TPSA) is 111 Å². The number of hydrogen-bond acceptors (Lipinski definition) is 9. The van der Waals surface area contributed by atoms with E-state index in [1.807, 2.05) is 19.2 Å². The van der Waals surface area contributed by atoms with Crippen molar-refractivity contribution in [3.63, 3.8) is 0 Å². The normalized spacial score (nSPS) is 10.6. The average molecular weight is 295 g/mol. The van der Waals surface area contributed by atoms with Gasteiger partial charge in [0.05, 0.1) is 11.1 Å². The first-order chi connectivity index (χ1) is 9.67. The third kappa shape index (κ3) is 4.28. The van der Waals surface area contributed by atoms with Crippen molar-refractivity contribution >= 4 is 23.2 Å². The van der Waals surface area contributed by atoms with Crippen LogP contribution in [-0.2, 0) is 6.42 Å². The number of nitrogens with one attached hydrogen (secondary N) is 2. The zero-order valence-corrected chi connectivity index (χ0v) is 12.1. The van der Waals surface area contributed by atoms with E-state index in [4.69, 9.17) is 10.6 Å². The van der Waals surface area contributed by atoms with Crippen molar-refractivity contribution in [3.05, 3.63) is 16.6 Å². The van der Waals surface area contributed by atoms with E-state index in [1.165, 1.54) is 0 Å². The summed E-state index contributed by atoms with van der Waals surface area (Å²) in [4.78, 5) is 16.5. The predicted octanol–water partition coefficient (Wildman–Crippen LogP) is 1.06. The van der Waals surface area contributed by atoms with E-state index in [2.05, 4.69) is 30.7 Å². The molecule has 0 unspecified atom stereocenters. The minimum atomic E-state index is -0.0220. The molecule has 20 heavy (non-hydrogen) atoms. The molecule has 0 fully saturated rings. The number of hydrazine groups is 1. The van der Waals surface area contributed by atoms with Crippen molar-refractivity contribution in [2.45, 2.75) is 26.4 Å². The summed E-state index contributed by atoms with van der Waals surface area (Å²) in [5, 5.41) is 6.11. The monoisotopic (exact) mass is 295 g/mol. The molecule has 2 rings (SSSR count). The minimum Gasteiger partial charge on any atom is -0.461 e. The standard InChI is InChI=1S/C11H17N7OS/c1-7(2)19-11-16-9(15-10(17-11)18-12)14-4-3-8-13-5-6-20-8/h5-7H,3-4,12H2,1-2H3,(H2,14,15,16,17,18). The van der Waals surface area contributed by atoms with Gasteiger partial charge in [-0.2, -0.15) is 15.0 Å². The lowest BCUT2D eigenvalue weighted by Crippen LogP contribution is -2.17. The van der Waals surface area contributed by atoms with Crippen molar-refractivity contribution in [1.29, 1.82) is 0 Å². The van der Waals surface area contributed by atoms with E-state index in [0.29, 0.717) is 12.5 Å². The van der Waals surface area contributed by atoms with Crippen molar-refractivity contribution in [1.82, 2.24) is 19.9 Å². The molecule has 0 aromatic carbocycles. The van der Waals surface area contributed by atoms with Crippen LogP contribution in [0.5, 0.6) is 6.01 Å². The smallest absolute Gasteiger partial charge is 0.323 e. The first kappa shape index (κ1) is 14.4. The molecule has 2 aromatic heterocycles. The van der Waals surface area contributed by atoms with Crippen molar-refractivity contribution in [3.8, 4) is 6.01 Å². The van der Waals surface area contributed by atoms with E-state index < -0.39 is 0 Å². The zero-order chi connectivity index (χ0) is 14.4. The molecule has 0 atom stereocenters. The third-order valence-electron chi connectivity index (χ3n) is 2.19. The summed E-state index contributed by atoms with van der Waals surface area (Å²) in [7, 11) is 0. The summed E-state index contributed by atoms with van der Waals surface area (Å²) in [6.07, 6.45) is 2.56. The van der Waals surface area contributed by atoms with Gasteiger partial charge in [0.25, 0.3) is 0 Å². The van der Waals surface area contributed by atoms with Crippen LogP contribution < -0.4 is 21.3 Å². The molecule has 2 aromatic rings. The van der Waals surface area contributed by atoms with Crippen molar-refractivity contribution in [2.75, 3.05) is 17.3 Å². The van der Waals surface area contributed by atoms with Gasteiger partial charge in [-0.05, 0) is 13.8 Å². The number of thiazole rings is 1. The SMILES string of the molecule is CC(C)Oc1nc(NN)nc(NCCc2nccs2)n1. The van der Waals surface area contributed by atoms with Gasteiger partial charge in [0, 0.05) is 24.5 Å². The third-order valence-corrected chi connectivity index (χ3v) is 3.03. The second kappa shape index (κ2) is 6.96. The molecule has 4 N–H and O–H groups in total. The maximum Gasteiger partial charge on any atom is 0.323 e. The van der Waals surface area contributed by atoms with Crippen LogP contribution >= 0.6 is 11.3 Å². The number of aromatic nitrogens is 4. The molecule has 0 saturated heterocycles. The largest absolute Gasteiger partial charge is 0.461 e. The second-order valence-corrected chi connectivity index (χ2v) is 5.16. The van der Waals surface area contributed by atoms with Gasteiger partial charge in [-0.15, -0.1) is 11.3 Å². The molecule has 0 amide bonds. The Balaban J connectivity index is 1.98. The van der Waals surface area contributed by atoms with Gasteiger partial charge in [0.15, 0.2) is 0 Å². The maximum absolute atomic E-state index is 5.44. The average Bonchev–Trinajstić information content (AvgIpc) is 2.91. The van der Waals surface area contributed by atoms with E-state index in [1.54, 1.807) is 17.5 Å². The van der Waals surface area contributed by atoms with Crippen LogP contribution in [0.4, 0.5) is 11.9 Å². The van der Waals surface area contributed by atoms with Crippen LogP contribution in [0, 0.1) is 0 Å². The van der Waals surface area contributed by atoms with E-state index in [0.717, 1.165) is 11.4 Å². The maximum atomic E-state index is 5.44. The number of nitrogens with two attached hydrogens (primary N) is 1. The molecule has 0 spiro atoms. The van der Waals surface area contributed by atoms with Gasteiger partial charge in [-0.25, -0.2) is 10.8 Å². The highest BCUT2D eigenvalue weighted by molar-refractivity contribution is 7.09. The number of nitrogen functional groups attached to an aromatic ring is 1. The zero-order valence-electron chi connectivity index (χ0n) is 11.3. The lowest BCUT2D eigenvalue weighted by molar-refractivity contribution is 0.222. The fourth-order valence-corrected chi connectivity index (χ4v) is 2.04. The number of hydrogen-bond donors (Lipinski definition) is 3. The van der Waals surface area contributed by atoms with Crippen LogP contribution in [0.15, 0.2) is 11.6 Å². The second-order valence-electron chi connectivity index (χ2n) is 4.18. The molecule has 2 heterocycles. The van der Waals surface area contributed by atoms with Gasteiger partial charge in [-0.1, -0.05) is 0 Å². The fraction of sp³-hybridized carbons (Fsp3) is 0.455. The van der Waals surface area contributed by atoms with Crippen molar-refractivity contribution in [2.24, 2.45) is 5.84 Å². The summed E-state index contributed by atoms with van der Waals surface area (Å²) in [6, 6.07) is 0.236. The van der Waals surface area contributed by atoms with Gasteiger partial charge in [0.2, 0.25) is 11.9 Å². The van der Waals surface area contributed by atoms with Crippen molar-refractivity contribution < 1.29 is 4.74 Å². The van der Waals surface area contributed by atoms with Crippen LogP contribution in [0.1, 0.15) is 18.9 Å². The van der Waals surface area contributed by atoms with Crippen LogP contribution in [0.3, 0.4) is 0 Å². The summed E-state index contributed by atoms with van der Waals surface area (Å²) in [5.74, 6) is 6.00. The molecular formula is C11H17N7OS. The first-order valence-corrected chi connectivity index (χ1v) is 7.07. The number of nitrogens with zero attached hydrogens (tertiary/aromatic N) is 4. The highest BCUT2D eigenvalue weighted by atomic mass is 32.1. The Hall–Kier alpha value is -2.00. The molecule has 8 nitrogen and oxygen atoms in total. The minimum absolute atomic E-state index is 0.0220. The van der Waals surface area contributed by atoms with E-state index in [-0.39, 0.29) is 18.1 Å². The molecule has 0 aliphatic heterocycles. The van der Waals surface area contributed by atoms with E-state index >= 15 is 0 Å². The van der Waals surface area contributed by atoms with Gasteiger partial charge >= 0.3 is 6.01 Å². The molecule has 0 bridgehead atoms. The Morgan fingerprint density at radius 3 is 2.75 bits per heavy atom. The molecule has 108 valence electrons. The van der Waals surface area contributed by atoms with Crippen LogP contribution in [-0.4, -0.2) is 32.6 Å². The van der Waals surface area contributed by atoms with Crippen LogP contribution in [0.25, 0.3) is 0 Å². The fourth-order valence-electron chi connectivity index (χ4n) is 1.42. The highest BCUT2D eigenvalue weighted by Crippen LogP contribution is 2.12. The Labute approximate surface area is 120 Å². The van der Waals surface area contributed by atoms with Gasteiger partial charge < -0.3 is 10.1 Å². The number of ether oxygens (including phenoxy) is 1. The highest BCUT2D eigenvalue weighted by Gasteiger charge is 2.08. The first-order valence-electron chi connectivity index (χ1n) is 6.19. The number of rotatable bonds is 7. The molecule has 0 saturated carbocycles. The molecule has 9 heteroatoms. The van der Waals surface area contributed by atoms with Gasteiger partial charge in [0.1, 0.15) is 0 Å². The Bertz CT molecular complexity index is 532.